The van der Waals surface area contributed by atoms with Crippen molar-refractivity contribution in [2.45, 2.75) is 38.5 Å². The third-order valence-corrected chi connectivity index (χ3v) is 13.1. The van der Waals surface area contributed by atoms with Crippen molar-refractivity contribution in [2.75, 3.05) is 0 Å². The van der Waals surface area contributed by atoms with Crippen LogP contribution in [-0.4, -0.2) is 0 Å². The monoisotopic (exact) mass is 624 g/mol. The number of rotatable bonds is 2. The highest BCUT2D eigenvalue weighted by molar-refractivity contribution is 7.22. The van der Waals surface area contributed by atoms with E-state index in [9.17, 15) is 0 Å². The maximum Gasteiger partial charge on any atom is 0.0361 e. The molecule has 10 rings (SSSR count). The van der Waals surface area contributed by atoms with Crippen LogP contribution in [0.5, 0.6) is 0 Å². The van der Waals surface area contributed by atoms with Crippen LogP contribution in [0.3, 0.4) is 0 Å². The van der Waals surface area contributed by atoms with E-state index in [0.29, 0.717) is 0 Å². The van der Waals surface area contributed by atoms with Gasteiger partial charge >= 0.3 is 0 Å². The van der Waals surface area contributed by atoms with E-state index in [-0.39, 0.29) is 10.8 Å². The summed E-state index contributed by atoms with van der Waals surface area (Å²) in [4.78, 5) is 2.69. The topological polar surface area (TPSA) is 0 Å². The number of thiophene rings is 2. The van der Waals surface area contributed by atoms with Gasteiger partial charge in [0.25, 0.3) is 0 Å². The van der Waals surface area contributed by atoms with Gasteiger partial charge in [-0.15, -0.1) is 22.7 Å². The lowest BCUT2D eigenvalue weighted by molar-refractivity contribution is 0.601. The van der Waals surface area contributed by atoms with Crippen LogP contribution in [0.15, 0.2) is 121 Å². The van der Waals surface area contributed by atoms with Crippen molar-refractivity contribution in [1.82, 2.24) is 0 Å². The smallest absolute Gasteiger partial charge is 0.0361 e. The molecule has 2 aliphatic carbocycles. The standard InChI is InChI=1S/C44H32S2/c1-43(2)34-21-27(38-22-25-11-5-9-15-36(25)45-38)17-18-29(34)31-19-20-32-40-30-14-8-7-13-28(30)33(24-35(40)44(3,4)42(32)41(31)43)39-23-26-12-6-10-16-37(26)46-39/h5-24H,1-4H3. The summed E-state index contributed by atoms with van der Waals surface area (Å²) in [5.74, 6) is 0. The average Bonchev–Trinajstić information content (AvgIpc) is 3.80. The zero-order chi connectivity index (χ0) is 30.9. The van der Waals surface area contributed by atoms with Crippen LogP contribution < -0.4 is 0 Å². The Morgan fingerprint density at radius 3 is 1.74 bits per heavy atom. The van der Waals surface area contributed by atoms with Crippen molar-refractivity contribution in [3.63, 3.8) is 0 Å². The van der Waals surface area contributed by atoms with Gasteiger partial charge in [-0.3, -0.25) is 0 Å². The molecule has 2 aliphatic rings. The van der Waals surface area contributed by atoms with Crippen molar-refractivity contribution < 1.29 is 0 Å². The normalized spacial score (nSPS) is 15.3. The molecule has 0 bridgehead atoms. The molecule has 0 unspecified atom stereocenters. The molecule has 0 saturated carbocycles. The molecule has 0 aliphatic heterocycles. The Hall–Kier alpha value is -4.50. The van der Waals surface area contributed by atoms with E-state index < -0.39 is 0 Å². The summed E-state index contributed by atoms with van der Waals surface area (Å²) in [5, 5.41) is 5.35. The Labute approximate surface area is 277 Å². The molecule has 0 radical (unpaired) electrons. The molecule has 0 amide bonds. The molecule has 0 fully saturated rings. The van der Waals surface area contributed by atoms with Gasteiger partial charge in [0.1, 0.15) is 0 Å². The maximum absolute atomic E-state index is 2.53. The molecule has 0 nitrogen and oxygen atoms in total. The SMILES string of the molecule is CC1(C)c2cc(-c3cc4ccccc4s3)ccc2-c2ccc3c(c21)C(C)(C)c1cc(-c2cc4ccccc4s2)c2ccccc2c1-3. The highest BCUT2D eigenvalue weighted by atomic mass is 32.1. The molecule has 2 aromatic heterocycles. The number of hydrogen-bond donors (Lipinski definition) is 0. The van der Waals surface area contributed by atoms with Crippen LogP contribution in [0.2, 0.25) is 0 Å². The van der Waals surface area contributed by atoms with Gasteiger partial charge in [-0.2, -0.15) is 0 Å². The first-order valence-corrected chi connectivity index (χ1v) is 17.8. The minimum absolute atomic E-state index is 0.119. The molecular weight excluding hydrogens is 593 g/mol. The summed E-state index contributed by atoms with van der Waals surface area (Å²) < 4.78 is 2.69. The molecule has 0 N–H and O–H groups in total. The fourth-order valence-corrected chi connectivity index (χ4v) is 10.8. The van der Waals surface area contributed by atoms with Gasteiger partial charge in [-0.25, -0.2) is 0 Å². The largest absolute Gasteiger partial charge is 0.135 e. The lowest BCUT2D eigenvalue weighted by atomic mass is 9.72. The second-order valence-corrected chi connectivity index (χ2v) is 16.3. The molecule has 0 saturated heterocycles. The predicted molar refractivity (Wildman–Crippen MR) is 201 cm³/mol. The minimum atomic E-state index is -0.140. The molecular formula is C44H32S2. The average molecular weight is 625 g/mol. The van der Waals surface area contributed by atoms with Gasteiger partial charge in [-0.1, -0.05) is 113 Å². The Kier molecular flexibility index (Phi) is 5.26. The van der Waals surface area contributed by atoms with Crippen LogP contribution in [0.25, 0.3) is 74.1 Å². The van der Waals surface area contributed by atoms with E-state index in [1.54, 1.807) is 0 Å². The van der Waals surface area contributed by atoms with Crippen LogP contribution in [0.1, 0.15) is 49.9 Å². The number of fused-ring (bicyclic) bond motifs is 11. The second kappa shape index (κ2) is 9.06. The van der Waals surface area contributed by atoms with E-state index >= 15 is 0 Å². The third-order valence-electron chi connectivity index (χ3n) is 10.8. The molecule has 0 spiro atoms. The number of hydrogen-bond acceptors (Lipinski definition) is 2. The van der Waals surface area contributed by atoms with Crippen molar-refractivity contribution in [1.29, 1.82) is 0 Å². The zero-order valence-electron chi connectivity index (χ0n) is 26.4. The van der Waals surface area contributed by atoms with Crippen LogP contribution >= 0.6 is 22.7 Å². The summed E-state index contributed by atoms with van der Waals surface area (Å²) in [6.45, 7) is 9.82. The van der Waals surface area contributed by atoms with Gasteiger partial charge in [-0.05, 0) is 114 Å². The quantitative estimate of drug-likeness (QED) is 0.179. The molecule has 0 atom stereocenters. The first-order valence-electron chi connectivity index (χ1n) is 16.2. The first-order chi connectivity index (χ1) is 22.3. The van der Waals surface area contributed by atoms with Crippen molar-refractivity contribution in [3.8, 4) is 43.1 Å². The molecule has 6 aromatic carbocycles. The number of benzene rings is 6. The molecule has 2 heterocycles. The van der Waals surface area contributed by atoms with Crippen LogP contribution in [0.4, 0.5) is 0 Å². The summed E-state index contributed by atoms with van der Waals surface area (Å²) >= 11 is 3.80. The highest BCUT2D eigenvalue weighted by Gasteiger charge is 2.46. The van der Waals surface area contributed by atoms with Crippen molar-refractivity contribution in [3.05, 3.63) is 144 Å². The van der Waals surface area contributed by atoms with E-state index in [1.807, 2.05) is 22.7 Å². The summed E-state index contributed by atoms with van der Waals surface area (Å²) in [6.07, 6.45) is 0. The molecule has 46 heavy (non-hydrogen) atoms. The van der Waals surface area contributed by atoms with Gasteiger partial charge < -0.3 is 0 Å². The highest BCUT2D eigenvalue weighted by Crippen LogP contribution is 2.61. The van der Waals surface area contributed by atoms with Crippen molar-refractivity contribution >= 4 is 53.6 Å². The van der Waals surface area contributed by atoms with E-state index in [0.717, 1.165) is 0 Å². The maximum atomic E-state index is 2.53. The van der Waals surface area contributed by atoms with Gasteiger partial charge in [0.05, 0.1) is 0 Å². The van der Waals surface area contributed by atoms with Gasteiger partial charge in [0.2, 0.25) is 0 Å². The first kappa shape index (κ1) is 26.7. The van der Waals surface area contributed by atoms with E-state index in [1.165, 1.54) is 96.3 Å². The fraction of sp³-hybridized carbons (Fsp3) is 0.136. The Morgan fingerprint density at radius 2 is 1.00 bits per heavy atom. The summed E-state index contributed by atoms with van der Waals surface area (Å²) in [7, 11) is 0. The Balaban J connectivity index is 1.18. The zero-order valence-corrected chi connectivity index (χ0v) is 28.0. The van der Waals surface area contributed by atoms with Crippen LogP contribution in [0, 0.1) is 0 Å². The minimum Gasteiger partial charge on any atom is -0.135 e. The predicted octanol–water partition coefficient (Wildman–Crippen LogP) is 13.2. The third kappa shape index (κ3) is 3.44. The summed E-state index contributed by atoms with van der Waals surface area (Å²) in [6, 6.07) is 45.9. The Morgan fingerprint density at radius 1 is 0.435 bits per heavy atom. The van der Waals surface area contributed by atoms with Gasteiger partial charge in [0.15, 0.2) is 0 Å². The lowest BCUT2D eigenvalue weighted by Gasteiger charge is -2.31. The fourth-order valence-electron chi connectivity index (χ4n) is 8.65. The molecule has 220 valence electrons. The molecule has 2 heteroatoms. The second-order valence-electron chi connectivity index (χ2n) is 14.1. The van der Waals surface area contributed by atoms with E-state index in [4.69, 9.17) is 0 Å². The van der Waals surface area contributed by atoms with Crippen molar-refractivity contribution in [2.24, 2.45) is 0 Å². The Bertz CT molecular complexity index is 2520. The van der Waals surface area contributed by atoms with Gasteiger partial charge in [0, 0.05) is 30.0 Å². The van der Waals surface area contributed by atoms with Crippen LogP contribution in [-0.2, 0) is 10.8 Å². The van der Waals surface area contributed by atoms with E-state index in [2.05, 4.69) is 149 Å². The summed E-state index contributed by atoms with van der Waals surface area (Å²) in [5.41, 5.74) is 13.9. The molecule has 8 aromatic rings. The lowest BCUT2D eigenvalue weighted by Crippen LogP contribution is -2.24.